The van der Waals surface area contributed by atoms with Gasteiger partial charge in [-0.25, -0.2) is 10.6 Å². The summed E-state index contributed by atoms with van der Waals surface area (Å²) < 4.78 is 0. The first-order valence-electron chi connectivity index (χ1n) is 1.03. The van der Waals surface area contributed by atoms with E-state index < -0.39 is 6.03 Å². The molecule has 0 aliphatic carbocycles. The fraction of sp³-hybridized carbons (Fsp3) is 0. The monoisotopic (exact) mass is 109 g/mol. The molecule has 0 fully saturated rings. The average molecular weight is 109 g/mol. The fourth-order valence-corrected chi connectivity index (χ4v) is 0. The van der Waals surface area contributed by atoms with Gasteiger partial charge in [0.05, 0.1) is 0 Å². The van der Waals surface area contributed by atoms with Crippen molar-refractivity contribution in [2.24, 2.45) is 11.6 Å². The number of urea groups is 1. The number of carbonyl (C=O) groups excluding carboxylic acids is 1. The predicted molar refractivity (Wildman–Crippen MR) is 27.3 cm³/mol. The van der Waals surface area contributed by atoms with Crippen molar-refractivity contribution in [1.82, 2.24) is 5.43 Å². The number of primary amides is 1. The van der Waals surface area contributed by atoms with Crippen LogP contribution in [0.4, 0.5) is 4.79 Å². The highest BCUT2D eigenvalue weighted by atomic mass is 32.1. The van der Waals surface area contributed by atoms with Crippen LogP contribution in [0.25, 0.3) is 0 Å². The van der Waals surface area contributed by atoms with Gasteiger partial charge >= 0.3 is 6.03 Å². The van der Waals surface area contributed by atoms with Gasteiger partial charge < -0.3 is 5.73 Å². The number of hydrogen-bond donors (Lipinski definition) is 3. The number of nitrogens with one attached hydrogen (secondary N) is 1. The highest BCUT2D eigenvalue weighted by Crippen LogP contribution is 1.34. The summed E-state index contributed by atoms with van der Waals surface area (Å²) in [6, 6.07) is -0.718. The largest absolute Gasteiger partial charge is 0.351 e. The summed E-state index contributed by atoms with van der Waals surface area (Å²) in [6.45, 7) is 0. The van der Waals surface area contributed by atoms with Gasteiger partial charge in [0, 0.05) is 0 Å². The Morgan fingerprint density at radius 1 is 1.67 bits per heavy atom. The molecule has 5 heteroatoms. The maximum Gasteiger partial charge on any atom is 0.326 e. The molecule has 0 radical (unpaired) electrons. The SMILES string of the molecule is NNC(N)=O.S. The lowest BCUT2D eigenvalue weighted by atomic mass is 11.2. The molecule has 0 aromatic carbocycles. The summed E-state index contributed by atoms with van der Waals surface area (Å²) in [5, 5.41) is 0. The van der Waals surface area contributed by atoms with E-state index in [4.69, 9.17) is 0 Å². The van der Waals surface area contributed by atoms with Crippen LogP contribution < -0.4 is 17.0 Å². The topological polar surface area (TPSA) is 81.1 Å². The lowest BCUT2D eigenvalue weighted by molar-refractivity contribution is 0.249. The molecule has 0 saturated carbocycles. The minimum atomic E-state index is -0.718. The van der Waals surface area contributed by atoms with Gasteiger partial charge in [-0.05, 0) is 0 Å². The van der Waals surface area contributed by atoms with Crippen molar-refractivity contribution in [3.05, 3.63) is 0 Å². The molecule has 38 valence electrons. The summed E-state index contributed by atoms with van der Waals surface area (Å²) in [5.74, 6) is 4.45. The molecule has 0 aliphatic heterocycles. The van der Waals surface area contributed by atoms with Crippen molar-refractivity contribution in [1.29, 1.82) is 0 Å². The van der Waals surface area contributed by atoms with Crippen molar-refractivity contribution in [3.63, 3.8) is 0 Å². The molecule has 0 bridgehead atoms. The van der Waals surface area contributed by atoms with E-state index in [0.29, 0.717) is 0 Å². The van der Waals surface area contributed by atoms with Gasteiger partial charge in [0.15, 0.2) is 0 Å². The number of rotatable bonds is 0. The molecule has 0 atom stereocenters. The first kappa shape index (κ1) is 9.13. The van der Waals surface area contributed by atoms with Crippen LogP contribution in [0.3, 0.4) is 0 Å². The Labute approximate surface area is 42.3 Å². The van der Waals surface area contributed by atoms with Gasteiger partial charge in [-0.3, -0.25) is 5.43 Å². The van der Waals surface area contributed by atoms with Crippen LogP contribution in [-0.2, 0) is 0 Å². The molecule has 0 saturated heterocycles. The smallest absolute Gasteiger partial charge is 0.326 e. The van der Waals surface area contributed by atoms with E-state index >= 15 is 0 Å². The van der Waals surface area contributed by atoms with Gasteiger partial charge in [-0.15, -0.1) is 0 Å². The van der Waals surface area contributed by atoms with Gasteiger partial charge in [0.25, 0.3) is 0 Å². The van der Waals surface area contributed by atoms with Crippen LogP contribution >= 0.6 is 13.5 Å². The van der Waals surface area contributed by atoms with Crippen LogP contribution in [0.1, 0.15) is 0 Å². The van der Waals surface area contributed by atoms with E-state index in [-0.39, 0.29) is 13.5 Å². The second-order valence-corrected chi connectivity index (χ2v) is 0.509. The van der Waals surface area contributed by atoms with E-state index in [0.717, 1.165) is 0 Å². The molecule has 2 amide bonds. The van der Waals surface area contributed by atoms with E-state index in [9.17, 15) is 4.79 Å². The zero-order valence-corrected chi connectivity index (χ0v) is 4.06. The first-order valence-corrected chi connectivity index (χ1v) is 1.03. The van der Waals surface area contributed by atoms with Crippen molar-refractivity contribution in [3.8, 4) is 0 Å². The maximum absolute atomic E-state index is 9.35. The highest BCUT2D eigenvalue weighted by molar-refractivity contribution is 7.59. The van der Waals surface area contributed by atoms with E-state index in [2.05, 4.69) is 11.6 Å². The number of hydrazine groups is 1. The molecule has 0 unspecified atom stereocenters. The standard InChI is InChI=1S/CH5N3O.H2S/c2-1(5)4-3;/h3H2,(H3,2,4,5);1H2. The molecule has 0 spiro atoms. The van der Waals surface area contributed by atoms with Crippen molar-refractivity contribution < 1.29 is 4.79 Å². The molecular weight excluding hydrogens is 102 g/mol. The molecule has 0 aromatic heterocycles. The van der Waals surface area contributed by atoms with Crippen molar-refractivity contribution in [2.75, 3.05) is 0 Å². The van der Waals surface area contributed by atoms with E-state index in [1.807, 2.05) is 0 Å². The lowest BCUT2D eigenvalue weighted by Crippen LogP contribution is -2.34. The van der Waals surface area contributed by atoms with Gasteiger partial charge in [-0.1, -0.05) is 0 Å². The number of carbonyl (C=O) groups is 1. The molecule has 4 nitrogen and oxygen atoms in total. The van der Waals surface area contributed by atoms with Crippen LogP contribution in [0.5, 0.6) is 0 Å². The van der Waals surface area contributed by atoms with Crippen molar-refractivity contribution in [2.45, 2.75) is 0 Å². The van der Waals surface area contributed by atoms with Crippen LogP contribution in [0.2, 0.25) is 0 Å². The summed E-state index contributed by atoms with van der Waals surface area (Å²) in [7, 11) is 0. The zero-order valence-electron chi connectivity index (χ0n) is 3.06. The molecule has 6 heavy (non-hydrogen) atoms. The molecule has 0 rings (SSSR count). The number of nitrogens with two attached hydrogens (primary N) is 2. The molecule has 0 heterocycles. The molecule has 0 aromatic rings. The minimum absolute atomic E-state index is 0. The summed E-state index contributed by atoms with van der Waals surface area (Å²) in [4.78, 5) is 9.35. The van der Waals surface area contributed by atoms with Crippen molar-refractivity contribution >= 4 is 19.5 Å². The third-order valence-electron chi connectivity index (χ3n) is 0.142. The Hall–Kier alpha value is -0.420. The quantitative estimate of drug-likeness (QED) is 0.204. The van der Waals surface area contributed by atoms with Crippen LogP contribution in [0.15, 0.2) is 0 Å². The second-order valence-electron chi connectivity index (χ2n) is 0.509. The number of amides is 2. The molecular formula is CH7N3OS. The van der Waals surface area contributed by atoms with E-state index in [1.54, 1.807) is 5.43 Å². The Morgan fingerprint density at radius 2 is 1.83 bits per heavy atom. The summed E-state index contributed by atoms with van der Waals surface area (Å²) >= 11 is 0. The Bertz CT molecular complexity index is 46.1. The minimum Gasteiger partial charge on any atom is -0.351 e. The summed E-state index contributed by atoms with van der Waals surface area (Å²) in [5.41, 5.74) is 6.08. The lowest BCUT2D eigenvalue weighted by Gasteiger charge is -1.81. The normalized spacial score (nSPS) is 5.50. The highest BCUT2D eigenvalue weighted by Gasteiger charge is 1.73. The third-order valence-corrected chi connectivity index (χ3v) is 0.142. The van der Waals surface area contributed by atoms with Crippen LogP contribution in [-0.4, -0.2) is 6.03 Å². The number of hydrogen-bond acceptors (Lipinski definition) is 2. The Kier molecular flexibility index (Phi) is 6.97. The average Bonchev–Trinajstić information content (AvgIpc) is 1.38. The zero-order chi connectivity index (χ0) is 4.28. The Balaban J connectivity index is 0. The molecule has 5 N–H and O–H groups in total. The second kappa shape index (κ2) is 4.58. The maximum atomic E-state index is 9.35. The van der Waals surface area contributed by atoms with Gasteiger partial charge in [0.1, 0.15) is 0 Å². The fourth-order valence-electron chi connectivity index (χ4n) is 0. The first-order chi connectivity index (χ1) is 2.27. The van der Waals surface area contributed by atoms with Gasteiger partial charge in [-0.2, -0.15) is 13.5 Å². The van der Waals surface area contributed by atoms with Gasteiger partial charge in [0.2, 0.25) is 0 Å². The Morgan fingerprint density at radius 3 is 1.83 bits per heavy atom. The third kappa shape index (κ3) is 9.55. The predicted octanol–water partition coefficient (Wildman–Crippen LogP) is -1.36. The molecule has 0 aliphatic rings. The van der Waals surface area contributed by atoms with Crippen LogP contribution in [0, 0.1) is 0 Å². The summed E-state index contributed by atoms with van der Waals surface area (Å²) in [6.07, 6.45) is 0. The van der Waals surface area contributed by atoms with E-state index in [1.165, 1.54) is 0 Å².